The van der Waals surface area contributed by atoms with Gasteiger partial charge in [0.1, 0.15) is 11.5 Å². The Bertz CT molecular complexity index is 749. The van der Waals surface area contributed by atoms with Gasteiger partial charge in [-0.15, -0.1) is 0 Å². The Morgan fingerprint density at radius 2 is 2.24 bits per heavy atom. The number of amides is 1. The largest absolute Gasteiger partial charge is 0.465 e. The van der Waals surface area contributed by atoms with Crippen LogP contribution in [0.1, 0.15) is 19.8 Å². The van der Waals surface area contributed by atoms with Crippen molar-refractivity contribution < 1.29 is 19.1 Å². The molecule has 0 radical (unpaired) electrons. The number of carbonyl (C=O) groups is 2. The van der Waals surface area contributed by atoms with E-state index in [0.717, 1.165) is 23.0 Å². The minimum Gasteiger partial charge on any atom is -0.465 e. The third-order valence-electron chi connectivity index (χ3n) is 5.26. The maximum Gasteiger partial charge on any atom is 0.312 e. The summed E-state index contributed by atoms with van der Waals surface area (Å²) in [4.78, 5) is 27.5. The van der Waals surface area contributed by atoms with Crippen molar-refractivity contribution in [2.24, 2.45) is 11.8 Å². The Morgan fingerprint density at radius 1 is 1.44 bits per heavy atom. The van der Waals surface area contributed by atoms with E-state index >= 15 is 0 Å². The van der Waals surface area contributed by atoms with Gasteiger partial charge in [0.15, 0.2) is 0 Å². The van der Waals surface area contributed by atoms with Crippen LogP contribution in [0.25, 0.3) is 0 Å². The van der Waals surface area contributed by atoms with E-state index in [1.54, 1.807) is 4.90 Å². The summed E-state index contributed by atoms with van der Waals surface area (Å²) in [5.41, 5.74) is 0.0840. The quantitative estimate of drug-likeness (QED) is 0.429. The van der Waals surface area contributed by atoms with E-state index in [0.29, 0.717) is 13.2 Å². The predicted octanol–water partition coefficient (Wildman–Crippen LogP) is 3.08. The number of halogens is 1. The number of nitrogens with zero attached hydrogens (tertiary/aromatic N) is 1. The van der Waals surface area contributed by atoms with Gasteiger partial charge >= 0.3 is 5.97 Å². The molecule has 1 spiro atoms. The second kappa shape index (κ2) is 6.25. The summed E-state index contributed by atoms with van der Waals surface area (Å²) in [7, 11) is 0. The van der Waals surface area contributed by atoms with E-state index in [1.807, 2.05) is 43.3 Å². The second-order valence-electron chi connectivity index (χ2n) is 6.80. The van der Waals surface area contributed by atoms with Gasteiger partial charge < -0.3 is 14.4 Å². The highest BCUT2D eigenvalue weighted by Crippen LogP contribution is 2.53. The number of unbranched alkanes of at least 4 members (excludes halogenated alkanes) is 1. The number of rotatable bonds is 5. The molecule has 1 aromatic rings. The van der Waals surface area contributed by atoms with E-state index in [2.05, 4.69) is 15.9 Å². The van der Waals surface area contributed by atoms with Crippen LogP contribution in [-0.4, -0.2) is 36.7 Å². The zero-order chi connectivity index (χ0) is 17.6. The van der Waals surface area contributed by atoms with E-state index in [-0.39, 0.29) is 18.0 Å². The van der Waals surface area contributed by atoms with Crippen LogP contribution in [0.4, 0.5) is 5.69 Å². The van der Waals surface area contributed by atoms with Gasteiger partial charge in [0.25, 0.3) is 0 Å². The number of esters is 1. The first-order chi connectivity index (χ1) is 12.1. The molecule has 0 aromatic heterocycles. The fourth-order valence-electron chi connectivity index (χ4n) is 4.06. The molecule has 5 nitrogen and oxygen atoms in total. The molecule has 2 saturated heterocycles. The van der Waals surface area contributed by atoms with E-state index in [1.165, 1.54) is 0 Å². The molecule has 0 saturated carbocycles. The number of para-hydroxylation sites is 1. The lowest BCUT2D eigenvalue weighted by atomic mass is 9.77. The number of carbonyl (C=O) groups excluding carboxylic acids is 2. The van der Waals surface area contributed by atoms with Gasteiger partial charge in [-0.05, 0) is 34.5 Å². The summed E-state index contributed by atoms with van der Waals surface area (Å²) in [6.45, 7) is 2.86. The summed E-state index contributed by atoms with van der Waals surface area (Å²) in [6, 6.07) is 7.59. The lowest BCUT2D eigenvalue weighted by Crippen LogP contribution is -2.40. The molecular weight excluding hydrogens is 386 g/mol. The Morgan fingerprint density at radius 3 is 3.00 bits per heavy atom. The Labute approximate surface area is 155 Å². The highest BCUT2D eigenvalue weighted by Gasteiger charge is 2.67. The van der Waals surface area contributed by atoms with Crippen LogP contribution in [-0.2, 0) is 19.1 Å². The van der Waals surface area contributed by atoms with Crippen molar-refractivity contribution in [2.75, 3.05) is 18.1 Å². The van der Waals surface area contributed by atoms with Crippen LogP contribution in [0.15, 0.2) is 40.9 Å². The van der Waals surface area contributed by atoms with Gasteiger partial charge in [-0.3, -0.25) is 9.59 Å². The summed E-state index contributed by atoms with van der Waals surface area (Å²) in [5, 5.41) is 0. The lowest BCUT2D eigenvalue weighted by Gasteiger charge is -2.22. The minimum atomic E-state index is -0.717. The van der Waals surface area contributed by atoms with Crippen LogP contribution in [0.2, 0.25) is 0 Å². The van der Waals surface area contributed by atoms with Crippen molar-refractivity contribution in [3.63, 3.8) is 0 Å². The Balaban J connectivity index is 1.61. The van der Waals surface area contributed by atoms with Gasteiger partial charge in [0, 0.05) is 4.47 Å². The van der Waals surface area contributed by atoms with Crippen molar-refractivity contribution in [3.8, 4) is 0 Å². The Kier molecular flexibility index (Phi) is 4.20. The van der Waals surface area contributed by atoms with Gasteiger partial charge in [-0.25, -0.2) is 0 Å². The van der Waals surface area contributed by atoms with Crippen LogP contribution in [0, 0.1) is 11.8 Å². The zero-order valence-electron chi connectivity index (χ0n) is 14.0. The molecule has 1 aromatic carbocycles. The standard InChI is InChI=1S/C19H20BrNO4/c1-2-3-10-24-18(23)15-14-8-9-19(25-14)11-21(17(22)16(15)19)13-7-5-4-6-12(13)20/h4-9,14-16H,2-3,10-11H2,1H3/t14-,15+,16+,19-/m1/s1. The summed E-state index contributed by atoms with van der Waals surface area (Å²) >= 11 is 3.51. The molecule has 1 amide bonds. The third kappa shape index (κ3) is 2.54. The normalized spacial score (nSPS) is 32.3. The molecule has 0 aliphatic carbocycles. The predicted molar refractivity (Wildman–Crippen MR) is 96.1 cm³/mol. The van der Waals surface area contributed by atoms with E-state index < -0.39 is 17.4 Å². The molecule has 132 valence electrons. The number of benzene rings is 1. The molecule has 2 bridgehead atoms. The van der Waals surface area contributed by atoms with Gasteiger partial charge in [0.2, 0.25) is 5.91 Å². The van der Waals surface area contributed by atoms with Gasteiger partial charge in [0.05, 0.1) is 30.9 Å². The van der Waals surface area contributed by atoms with Crippen molar-refractivity contribution in [1.82, 2.24) is 0 Å². The smallest absolute Gasteiger partial charge is 0.312 e. The highest BCUT2D eigenvalue weighted by molar-refractivity contribution is 9.10. The molecule has 25 heavy (non-hydrogen) atoms. The summed E-state index contributed by atoms with van der Waals surface area (Å²) in [5.74, 6) is -1.46. The monoisotopic (exact) mass is 405 g/mol. The fraction of sp³-hybridized carbons (Fsp3) is 0.474. The second-order valence-corrected chi connectivity index (χ2v) is 7.65. The number of ether oxygens (including phenoxy) is 2. The molecule has 6 heteroatoms. The average Bonchev–Trinajstić information content (AvgIpc) is 3.24. The van der Waals surface area contributed by atoms with Crippen molar-refractivity contribution in [1.29, 1.82) is 0 Å². The molecule has 0 unspecified atom stereocenters. The topological polar surface area (TPSA) is 55.8 Å². The number of fused-ring (bicyclic) bond motifs is 1. The molecule has 3 heterocycles. The van der Waals surface area contributed by atoms with Crippen LogP contribution in [0.3, 0.4) is 0 Å². The third-order valence-corrected chi connectivity index (χ3v) is 5.93. The summed E-state index contributed by atoms with van der Waals surface area (Å²) < 4.78 is 12.3. The molecule has 4 rings (SSSR count). The number of hydrogen-bond donors (Lipinski definition) is 0. The van der Waals surface area contributed by atoms with Crippen LogP contribution >= 0.6 is 15.9 Å². The van der Waals surface area contributed by atoms with Crippen molar-refractivity contribution in [3.05, 3.63) is 40.9 Å². The first-order valence-corrected chi connectivity index (χ1v) is 9.46. The fourth-order valence-corrected chi connectivity index (χ4v) is 4.55. The first kappa shape index (κ1) is 16.8. The average molecular weight is 406 g/mol. The van der Waals surface area contributed by atoms with E-state index in [9.17, 15) is 9.59 Å². The molecule has 4 atom stereocenters. The molecular formula is C19H20BrNO4. The number of anilines is 1. The Hall–Kier alpha value is -1.66. The van der Waals surface area contributed by atoms with Gasteiger partial charge in [-0.2, -0.15) is 0 Å². The number of hydrogen-bond acceptors (Lipinski definition) is 4. The molecule has 3 aliphatic heterocycles. The molecule has 2 fully saturated rings. The lowest BCUT2D eigenvalue weighted by molar-refractivity contribution is -0.152. The van der Waals surface area contributed by atoms with Gasteiger partial charge in [-0.1, -0.05) is 37.6 Å². The molecule has 0 N–H and O–H groups in total. The first-order valence-electron chi connectivity index (χ1n) is 8.67. The minimum absolute atomic E-state index is 0.0730. The zero-order valence-corrected chi connectivity index (χ0v) is 15.6. The highest BCUT2D eigenvalue weighted by atomic mass is 79.9. The molecule has 3 aliphatic rings. The van der Waals surface area contributed by atoms with Crippen molar-refractivity contribution in [2.45, 2.75) is 31.5 Å². The maximum atomic E-state index is 13.2. The maximum absolute atomic E-state index is 13.2. The van der Waals surface area contributed by atoms with Crippen molar-refractivity contribution >= 4 is 33.5 Å². The SMILES string of the molecule is CCCCOC(=O)[C@@H]1[C@H]2C(=O)N(c3ccccc3Br)C[C@]23C=C[C@H]1O3. The van der Waals surface area contributed by atoms with E-state index in [4.69, 9.17) is 9.47 Å². The van der Waals surface area contributed by atoms with Crippen LogP contribution in [0.5, 0.6) is 0 Å². The van der Waals surface area contributed by atoms with Crippen LogP contribution < -0.4 is 4.90 Å². The summed E-state index contributed by atoms with van der Waals surface area (Å²) in [6.07, 6.45) is 5.28.